The van der Waals surface area contributed by atoms with Crippen LogP contribution in [0.25, 0.3) is 0 Å². The Bertz CT molecular complexity index is 424. The fourth-order valence-electron chi connectivity index (χ4n) is 1.37. The zero-order valence-electron chi connectivity index (χ0n) is 11.3. The largest absolute Gasteiger partial charge is 0.332 e. The van der Waals surface area contributed by atoms with Gasteiger partial charge in [-0.25, -0.2) is 0 Å². The summed E-state index contributed by atoms with van der Waals surface area (Å²) >= 11 is 5.07. The molecule has 4 heteroatoms. The molecule has 0 heterocycles. The number of thiocarbonyl (C=S) groups is 1. The van der Waals surface area contributed by atoms with Gasteiger partial charge in [-0.05, 0) is 35.8 Å². The van der Waals surface area contributed by atoms with E-state index in [-0.39, 0.29) is 11.8 Å². The van der Waals surface area contributed by atoms with Crippen LogP contribution >= 0.6 is 12.2 Å². The average Bonchev–Trinajstić information content (AvgIpc) is 2.29. The van der Waals surface area contributed by atoms with Gasteiger partial charge in [0.15, 0.2) is 5.11 Å². The van der Waals surface area contributed by atoms with E-state index in [0.717, 1.165) is 5.69 Å². The van der Waals surface area contributed by atoms with Gasteiger partial charge in [-0.2, -0.15) is 0 Å². The van der Waals surface area contributed by atoms with Gasteiger partial charge in [0, 0.05) is 11.6 Å². The molecule has 0 aromatic heterocycles. The molecule has 0 unspecified atom stereocenters. The lowest BCUT2D eigenvalue weighted by molar-refractivity contribution is -0.122. The molecule has 98 valence electrons. The predicted octanol–water partition coefficient (Wildman–Crippen LogP) is 3.28. The van der Waals surface area contributed by atoms with Gasteiger partial charge in [0.1, 0.15) is 0 Å². The predicted molar refractivity (Wildman–Crippen MR) is 79.7 cm³/mol. The fourth-order valence-corrected chi connectivity index (χ4v) is 1.59. The van der Waals surface area contributed by atoms with E-state index >= 15 is 0 Å². The van der Waals surface area contributed by atoms with Crippen molar-refractivity contribution in [3.05, 3.63) is 29.8 Å². The molecule has 0 aliphatic heterocycles. The number of anilines is 1. The van der Waals surface area contributed by atoms with E-state index < -0.39 is 0 Å². The van der Waals surface area contributed by atoms with Crippen LogP contribution in [-0.4, -0.2) is 11.0 Å². The first-order valence-electron chi connectivity index (χ1n) is 6.12. The van der Waals surface area contributed by atoms with E-state index in [1.807, 2.05) is 26.0 Å². The fraction of sp³-hybridized carbons (Fsp3) is 0.429. The van der Waals surface area contributed by atoms with Gasteiger partial charge in [0.2, 0.25) is 5.91 Å². The first kappa shape index (κ1) is 14.6. The van der Waals surface area contributed by atoms with Gasteiger partial charge in [-0.15, -0.1) is 0 Å². The van der Waals surface area contributed by atoms with Crippen molar-refractivity contribution in [1.82, 2.24) is 5.32 Å². The molecule has 0 radical (unpaired) electrons. The normalized spacial score (nSPS) is 10.6. The van der Waals surface area contributed by atoms with Crippen molar-refractivity contribution in [1.29, 1.82) is 0 Å². The van der Waals surface area contributed by atoms with Gasteiger partial charge < -0.3 is 10.6 Å². The van der Waals surface area contributed by atoms with Crippen LogP contribution in [0.4, 0.5) is 5.69 Å². The lowest BCUT2D eigenvalue weighted by atomic mass is 10.0. The summed E-state index contributed by atoms with van der Waals surface area (Å²) in [4.78, 5) is 11.4. The Kier molecular flexibility index (Phi) is 5.28. The number of amides is 1. The summed E-state index contributed by atoms with van der Waals surface area (Å²) < 4.78 is 0. The van der Waals surface area contributed by atoms with E-state index in [2.05, 4.69) is 36.6 Å². The van der Waals surface area contributed by atoms with Crippen molar-refractivity contribution in [3.8, 4) is 0 Å². The van der Waals surface area contributed by atoms with Gasteiger partial charge in [-0.1, -0.05) is 39.8 Å². The molecule has 0 spiro atoms. The van der Waals surface area contributed by atoms with Crippen molar-refractivity contribution >= 4 is 28.9 Å². The highest BCUT2D eigenvalue weighted by atomic mass is 32.1. The minimum atomic E-state index is -0.0775. The van der Waals surface area contributed by atoms with Gasteiger partial charge in [-0.3, -0.25) is 4.79 Å². The van der Waals surface area contributed by atoms with E-state index in [9.17, 15) is 4.79 Å². The Morgan fingerprint density at radius 1 is 1.11 bits per heavy atom. The highest BCUT2D eigenvalue weighted by Crippen LogP contribution is 2.16. The zero-order chi connectivity index (χ0) is 13.7. The van der Waals surface area contributed by atoms with E-state index in [0.29, 0.717) is 11.0 Å². The molecular weight excluding hydrogens is 244 g/mol. The molecule has 1 aromatic rings. The zero-order valence-corrected chi connectivity index (χ0v) is 12.1. The molecule has 0 aliphatic rings. The Hall–Kier alpha value is -1.42. The monoisotopic (exact) mass is 264 g/mol. The maximum Gasteiger partial charge on any atom is 0.228 e. The van der Waals surface area contributed by atoms with Crippen LogP contribution in [0.15, 0.2) is 24.3 Å². The summed E-state index contributed by atoms with van der Waals surface area (Å²) in [5, 5.41) is 5.98. The van der Waals surface area contributed by atoms with Crippen LogP contribution in [-0.2, 0) is 4.79 Å². The number of nitrogens with one attached hydrogen (secondary N) is 2. The van der Waals surface area contributed by atoms with Crippen molar-refractivity contribution in [3.63, 3.8) is 0 Å². The van der Waals surface area contributed by atoms with E-state index in [1.165, 1.54) is 5.56 Å². The lowest BCUT2D eigenvalue weighted by Crippen LogP contribution is -2.36. The quantitative estimate of drug-likeness (QED) is 0.823. The topological polar surface area (TPSA) is 41.1 Å². The Labute approximate surface area is 114 Å². The molecule has 0 fully saturated rings. The highest BCUT2D eigenvalue weighted by molar-refractivity contribution is 7.80. The van der Waals surface area contributed by atoms with E-state index in [1.54, 1.807) is 0 Å². The lowest BCUT2D eigenvalue weighted by Gasteiger charge is -2.12. The SMILES string of the molecule is CC(C)C(=O)NC(=S)Nc1ccc(C(C)C)cc1. The molecule has 18 heavy (non-hydrogen) atoms. The molecule has 1 amide bonds. The van der Waals surface area contributed by atoms with Crippen LogP contribution in [0.5, 0.6) is 0 Å². The maximum atomic E-state index is 11.4. The molecular formula is C14H20N2OS. The summed E-state index contributed by atoms with van der Waals surface area (Å²) in [5.74, 6) is 0.353. The van der Waals surface area contributed by atoms with Crippen LogP contribution in [0.3, 0.4) is 0 Å². The standard InChI is InChI=1S/C14H20N2OS/c1-9(2)11-5-7-12(8-6-11)15-14(18)16-13(17)10(3)4/h5-10H,1-4H3,(H2,15,16,17,18). The third-order valence-corrected chi connectivity index (χ3v) is 2.80. The molecule has 2 N–H and O–H groups in total. The Morgan fingerprint density at radius 2 is 1.67 bits per heavy atom. The van der Waals surface area contributed by atoms with Crippen molar-refractivity contribution in [2.75, 3.05) is 5.32 Å². The van der Waals surface area contributed by atoms with Crippen molar-refractivity contribution < 1.29 is 4.79 Å². The highest BCUT2D eigenvalue weighted by Gasteiger charge is 2.08. The number of carbonyl (C=O) groups excluding carboxylic acids is 1. The summed E-state index contributed by atoms with van der Waals surface area (Å²) in [6.07, 6.45) is 0. The second-order valence-electron chi connectivity index (χ2n) is 4.87. The summed E-state index contributed by atoms with van der Waals surface area (Å²) in [6, 6.07) is 8.03. The second kappa shape index (κ2) is 6.50. The van der Waals surface area contributed by atoms with Crippen LogP contribution in [0, 0.1) is 5.92 Å². The molecule has 0 bridgehead atoms. The number of hydrogen-bond donors (Lipinski definition) is 2. The van der Waals surface area contributed by atoms with Crippen LogP contribution < -0.4 is 10.6 Å². The second-order valence-corrected chi connectivity index (χ2v) is 5.28. The summed E-state index contributed by atoms with van der Waals surface area (Å²) in [6.45, 7) is 7.95. The maximum absolute atomic E-state index is 11.4. The average molecular weight is 264 g/mol. The third-order valence-electron chi connectivity index (χ3n) is 2.60. The van der Waals surface area contributed by atoms with Crippen LogP contribution in [0.2, 0.25) is 0 Å². The summed E-state index contributed by atoms with van der Waals surface area (Å²) in [5.41, 5.74) is 2.16. The Balaban J connectivity index is 2.57. The molecule has 3 nitrogen and oxygen atoms in total. The van der Waals surface area contributed by atoms with Crippen molar-refractivity contribution in [2.24, 2.45) is 5.92 Å². The first-order chi connectivity index (χ1) is 8.40. The minimum Gasteiger partial charge on any atom is -0.332 e. The summed E-state index contributed by atoms with van der Waals surface area (Å²) in [7, 11) is 0. The van der Waals surface area contributed by atoms with Gasteiger partial charge in [0.05, 0.1) is 0 Å². The Morgan fingerprint density at radius 3 is 2.11 bits per heavy atom. The molecule has 0 saturated heterocycles. The number of benzene rings is 1. The number of carbonyl (C=O) groups is 1. The third kappa shape index (κ3) is 4.45. The minimum absolute atomic E-state index is 0.0759. The molecule has 0 aliphatic carbocycles. The smallest absolute Gasteiger partial charge is 0.228 e. The van der Waals surface area contributed by atoms with E-state index in [4.69, 9.17) is 12.2 Å². The van der Waals surface area contributed by atoms with Crippen LogP contribution in [0.1, 0.15) is 39.2 Å². The molecule has 1 aromatic carbocycles. The number of rotatable bonds is 3. The molecule has 1 rings (SSSR count). The first-order valence-corrected chi connectivity index (χ1v) is 6.52. The van der Waals surface area contributed by atoms with Crippen molar-refractivity contribution in [2.45, 2.75) is 33.6 Å². The molecule has 0 atom stereocenters. The molecule has 0 saturated carbocycles. The van der Waals surface area contributed by atoms with Gasteiger partial charge >= 0.3 is 0 Å². The number of hydrogen-bond acceptors (Lipinski definition) is 2. The van der Waals surface area contributed by atoms with Gasteiger partial charge in [0.25, 0.3) is 0 Å².